The van der Waals surface area contributed by atoms with E-state index in [1.807, 2.05) is 6.07 Å². The lowest BCUT2D eigenvalue weighted by atomic mass is 9.12. The molecule has 6 aromatic carbocycles. The lowest BCUT2D eigenvalue weighted by Crippen LogP contribution is -2.75. The van der Waals surface area contributed by atoms with Crippen LogP contribution in [0.1, 0.15) is 65.4 Å². The number of esters is 1. The first kappa shape index (κ1) is 63.5. The molecule has 0 saturated carbocycles. The fourth-order valence-electron chi connectivity index (χ4n) is 8.33. The maximum absolute atomic E-state index is 14.2. The van der Waals surface area contributed by atoms with Crippen LogP contribution in [-0.4, -0.2) is 22.9 Å². The van der Waals surface area contributed by atoms with Crippen molar-refractivity contribution in [1.82, 2.24) is 4.98 Å². The van der Waals surface area contributed by atoms with Crippen molar-refractivity contribution in [2.45, 2.75) is 60.9 Å². The van der Waals surface area contributed by atoms with E-state index < -0.39 is 201 Å². The first-order valence-electron chi connectivity index (χ1n) is 22.2. The fraction of sp³-hybridized carbons (Fsp3) is 0.176. The zero-order valence-electron chi connectivity index (χ0n) is 39.8. The molecule has 1 aromatic heterocycles. The van der Waals surface area contributed by atoms with Gasteiger partial charge in [-0.25, -0.2) is 4.79 Å². The van der Waals surface area contributed by atoms with E-state index in [0.29, 0.717) is 16.2 Å². The monoisotopic (exact) mass is 1210 g/mol. The SMILES string of the molecule is FC(F)(F)c1cc([B-](c2cc(C(F)(F)F)cc(C(F)(F)F)c2)(c2cc(C(F)(F)F)cc(C(F)(F)F)c2)c2cc(C(F)(F)F)cc(C(F)(F)F)c2)cc(C(F)(F)F)c1.O=C(C[n+]1ccncc1C(=O)Oc1ccccc1S)c1ccccc1. The predicted molar refractivity (Wildman–Crippen MR) is 244 cm³/mol. The van der Waals surface area contributed by atoms with Crippen LogP contribution in [0.4, 0.5) is 105 Å². The second-order valence-corrected chi connectivity index (χ2v) is 17.9. The van der Waals surface area contributed by atoms with E-state index in [9.17, 15) is 115 Å². The molecule has 0 radical (unpaired) electrons. The molecule has 5 nitrogen and oxygen atoms in total. The van der Waals surface area contributed by atoms with Crippen molar-refractivity contribution in [3.8, 4) is 5.75 Å². The van der Waals surface area contributed by atoms with Crippen molar-refractivity contribution in [1.29, 1.82) is 0 Å². The molecule has 0 fully saturated rings. The molecule has 0 N–H and O–H groups in total. The Hall–Kier alpha value is -7.73. The van der Waals surface area contributed by atoms with Gasteiger partial charge in [0.25, 0.3) is 0 Å². The van der Waals surface area contributed by atoms with Crippen LogP contribution in [0.15, 0.2) is 151 Å². The molecule has 31 heteroatoms. The van der Waals surface area contributed by atoms with Gasteiger partial charge in [-0.1, -0.05) is 91.0 Å². The van der Waals surface area contributed by atoms with Gasteiger partial charge in [-0.2, -0.15) is 132 Å². The van der Waals surface area contributed by atoms with Crippen LogP contribution in [0.2, 0.25) is 0 Å². The average molecular weight is 1210 g/mol. The third kappa shape index (κ3) is 14.7. The zero-order chi connectivity index (χ0) is 61.6. The normalized spacial score (nSPS) is 13.1. The first-order valence-corrected chi connectivity index (χ1v) is 22.6. The Labute approximate surface area is 449 Å². The van der Waals surface area contributed by atoms with Crippen molar-refractivity contribution >= 4 is 52.4 Å². The predicted octanol–water partition coefficient (Wildman–Crippen LogP) is 14.0. The molecule has 0 atom stereocenters. The number of para-hydroxylation sites is 1. The third-order valence-corrected chi connectivity index (χ3v) is 12.3. The van der Waals surface area contributed by atoms with Gasteiger partial charge in [0.1, 0.15) is 18.1 Å². The number of ether oxygens (including phenoxy) is 1. The smallest absolute Gasteiger partial charge is 0.416 e. The third-order valence-electron chi connectivity index (χ3n) is 12.0. The van der Waals surface area contributed by atoms with Crippen molar-refractivity contribution < 1.29 is 124 Å². The molecule has 0 bridgehead atoms. The van der Waals surface area contributed by atoms with E-state index in [0.717, 1.165) is 0 Å². The number of Topliss-reactive ketones (excluding diaryl/α,β-unsaturated/α-hetero) is 1. The summed E-state index contributed by atoms with van der Waals surface area (Å²) in [6.07, 6.45) is -50.3. The minimum atomic E-state index is -6.13. The van der Waals surface area contributed by atoms with Gasteiger partial charge in [0.2, 0.25) is 12.3 Å². The Balaban J connectivity index is 0.000000357. The van der Waals surface area contributed by atoms with Gasteiger partial charge < -0.3 is 4.74 Å². The number of ketones is 1. The summed E-state index contributed by atoms with van der Waals surface area (Å²) >= 11 is 4.26. The topological polar surface area (TPSA) is 60.1 Å². The zero-order valence-corrected chi connectivity index (χ0v) is 40.7. The van der Waals surface area contributed by atoms with E-state index in [1.54, 1.807) is 54.7 Å². The summed E-state index contributed by atoms with van der Waals surface area (Å²) in [7, 11) is 0. The van der Waals surface area contributed by atoms with Crippen LogP contribution in [0.5, 0.6) is 5.75 Å². The Morgan fingerprint density at radius 2 is 0.720 bits per heavy atom. The molecule has 82 heavy (non-hydrogen) atoms. The standard InChI is InChI=1S/C32H12BF24.C19H14N2O3S/c34-25(35,36)13-1-14(26(37,38)39)6-21(5-13)33(22-7-15(27(40,41)42)2-16(8-22)28(43,44)45,23-9-17(29(46,47)48)3-18(10-23)30(49,50)51)24-11-19(31(52,53)54)4-20(12-24)32(55,56)57;22-16(14-6-2-1-3-7-14)13-21-11-10-20-12-15(21)19(23)24-17-8-4-5-9-18(17)25/h1-12H;1-12H,13H2/q-1;/p+1. The minimum absolute atomic E-state index is 0.0134. The van der Waals surface area contributed by atoms with Crippen LogP contribution < -0.4 is 31.2 Å². The van der Waals surface area contributed by atoms with E-state index in [-0.39, 0.29) is 18.0 Å². The summed E-state index contributed by atoms with van der Waals surface area (Å²) in [5, 5.41) is 0. The summed E-state index contributed by atoms with van der Waals surface area (Å²) < 4.78 is 348. The van der Waals surface area contributed by atoms with Gasteiger partial charge in [0.05, 0.1) is 50.7 Å². The second kappa shape index (κ2) is 22.6. The first-order chi connectivity index (χ1) is 37.4. The summed E-state index contributed by atoms with van der Waals surface area (Å²) in [5.74, 6) is -0.364. The summed E-state index contributed by atoms with van der Waals surface area (Å²) in [5.41, 5.74) is -29.4. The number of nitrogens with zero attached hydrogens (tertiary/aromatic N) is 2. The molecule has 436 valence electrons. The lowest BCUT2D eigenvalue weighted by Gasteiger charge is -2.46. The Morgan fingerprint density at radius 1 is 0.427 bits per heavy atom. The van der Waals surface area contributed by atoms with Gasteiger partial charge in [0.15, 0.2) is 6.20 Å². The molecular weight excluding hydrogens is 1190 g/mol. The van der Waals surface area contributed by atoms with Crippen molar-refractivity contribution in [2.24, 2.45) is 0 Å². The van der Waals surface area contributed by atoms with Gasteiger partial charge >= 0.3 is 61.1 Å². The van der Waals surface area contributed by atoms with Crippen LogP contribution in [-0.2, 0) is 56.0 Å². The molecule has 0 saturated heterocycles. The number of rotatable bonds is 9. The number of halogens is 24. The maximum atomic E-state index is 14.2. The van der Waals surface area contributed by atoms with Crippen molar-refractivity contribution in [2.75, 3.05) is 0 Å². The van der Waals surface area contributed by atoms with E-state index in [2.05, 4.69) is 17.6 Å². The number of benzene rings is 6. The summed E-state index contributed by atoms with van der Waals surface area (Å²) in [6, 6.07) is 7.01. The van der Waals surface area contributed by atoms with Gasteiger partial charge in [-0.15, -0.1) is 12.6 Å². The molecule has 0 aliphatic heterocycles. The van der Waals surface area contributed by atoms with Gasteiger partial charge in [0, 0.05) is 10.5 Å². The lowest BCUT2D eigenvalue weighted by molar-refractivity contribution is -0.686. The highest BCUT2D eigenvalue weighted by molar-refractivity contribution is 7.80. The van der Waals surface area contributed by atoms with Gasteiger partial charge in [-0.3, -0.25) is 9.78 Å². The molecule has 0 aliphatic rings. The number of alkyl halides is 24. The minimum Gasteiger partial charge on any atom is -0.417 e. The molecule has 0 unspecified atom stereocenters. The number of thiol groups is 1. The average Bonchev–Trinajstić information content (AvgIpc) is 2.88. The molecule has 7 rings (SSSR count). The van der Waals surface area contributed by atoms with E-state index in [4.69, 9.17) is 4.74 Å². The number of aromatic nitrogens is 2. The van der Waals surface area contributed by atoms with Crippen LogP contribution in [0.3, 0.4) is 0 Å². The summed E-state index contributed by atoms with van der Waals surface area (Å²) in [6.45, 7) is 0.0134. The Kier molecular flexibility index (Phi) is 17.5. The molecule has 1 heterocycles. The fourth-order valence-corrected chi connectivity index (χ4v) is 8.54. The molecule has 0 aliphatic carbocycles. The highest BCUT2D eigenvalue weighted by atomic mass is 32.1. The Bertz CT molecular complexity index is 3060. The molecule has 0 spiro atoms. The van der Waals surface area contributed by atoms with Crippen molar-refractivity contribution in [3.05, 3.63) is 202 Å². The van der Waals surface area contributed by atoms with Gasteiger partial charge in [-0.05, 0) is 36.4 Å². The number of hydrogen-bond acceptors (Lipinski definition) is 5. The maximum Gasteiger partial charge on any atom is 0.416 e. The van der Waals surface area contributed by atoms with Crippen molar-refractivity contribution in [3.63, 3.8) is 0 Å². The quantitative estimate of drug-likeness (QED) is 0.0298. The molecular formula is C51H27BF24N2O3S. The van der Waals surface area contributed by atoms with Crippen LogP contribution in [0, 0.1) is 0 Å². The molecule has 0 amide bonds. The second-order valence-electron chi connectivity index (χ2n) is 17.5. The number of hydrogen-bond donors (Lipinski definition) is 1. The Morgan fingerprint density at radius 3 is 1.01 bits per heavy atom. The van der Waals surface area contributed by atoms with Crippen LogP contribution in [0.25, 0.3) is 0 Å². The highest BCUT2D eigenvalue weighted by Gasteiger charge is 2.47. The summed E-state index contributed by atoms with van der Waals surface area (Å²) in [4.78, 5) is 29.4. The highest BCUT2D eigenvalue weighted by Crippen LogP contribution is 2.41. The number of carbonyl (C=O) groups is 2. The largest absolute Gasteiger partial charge is 0.417 e. The number of carbonyl (C=O) groups excluding carboxylic acids is 2. The van der Waals surface area contributed by atoms with E-state index in [1.165, 1.54) is 17.0 Å². The van der Waals surface area contributed by atoms with Crippen LogP contribution >= 0.6 is 12.6 Å². The molecule has 7 aromatic rings. The van der Waals surface area contributed by atoms with E-state index >= 15 is 0 Å².